The molecule has 0 saturated heterocycles. The van der Waals surface area contributed by atoms with Gasteiger partial charge < -0.3 is 14.9 Å². The van der Waals surface area contributed by atoms with Gasteiger partial charge in [0.25, 0.3) is 11.5 Å². The van der Waals surface area contributed by atoms with E-state index >= 15 is 0 Å². The minimum Gasteiger partial charge on any atom is -0.342 e. The fourth-order valence-corrected chi connectivity index (χ4v) is 1.16. The molecule has 2 aromatic heterocycles. The molecule has 0 aliphatic rings. The zero-order valence-electron chi connectivity index (χ0n) is 8.24. The van der Waals surface area contributed by atoms with Gasteiger partial charge >= 0.3 is 0 Å². The van der Waals surface area contributed by atoms with Crippen LogP contribution in [0.4, 0.5) is 0 Å². The molecule has 7 heteroatoms. The van der Waals surface area contributed by atoms with Gasteiger partial charge in [0.1, 0.15) is 0 Å². The highest BCUT2D eigenvalue weighted by Gasteiger charge is 2.13. The predicted octanol–water partition coefficient (Wildman–Crippen LogP) is -0.652. The van der Waals surface area contributed by atoms with Crippen LogP contribution < -0.4 is 5.56 Å². The maximum Gasteiger partial charge on any atom is 0.289 e. The summed E-state index contributed by atoms with van der Waals surface area (Å²) in [5, 5.41) is 0. The van der Waals surface area contributed by atoms with E-state index in [-0.39, 0.29) is 17.2 Å². The molecule has 15 heavy (non-hydrogen) atoms. The van der Waals surface area contributed by atoms with Gasteiger partial charge in [-0.1, -0.05) is 0 Å². The second-order valence-electron chi connectivity index (χ2n) is 3.21. The first kappa shape index (κ1) is 9.38. The van der Waals surface area contributed by atoms with Gasteiger partial charge in [0.2, 0.25) is 5.82 Å². The lowest BCUT2D eigenvalue weighted by Gasteiger charge is -2.08. The third-order valence-electron chi connectivity index (χ3n) is 1.90. The van der Waals surface area contributed by atoms with Gasteiger partial charge in [-0.05, 0) is 0 Å². The van der Waals surface area contributed by atoms with Crippen LogP contribution >= 0.6 is 0 Å². The lowest BCUT2D eigenvalue weighted by Crippen LogP contribution is -2.26. The summed E-state index contributed by atoms with van der Waals surface area (Å²) >= 11 is 0. The molecule has 2 rings (SSSR count). The Morgan fingerprint density at radius 3 is 2.87 bits per heavy atom. The number of rotatable bonds is 1. The quantitative estimate of drug-likeness (QED) is 0.649. The van der Waals surface area contributed by atoms with Gasteiger partial charge in [0.15, 0.2) is 11.2 Å². The van der Waals surface area contributed by atoms with Crippen molar-refractivity contribution in [1.82, 2.24) is 24.8 Å². The number of aromatic nitrogens is 4. The highest BCUT2D eigenvalue weighted by molar-refractivity contribution is 5.91. The van der Waals surface area contributed by atoms with Crippen LogP contribution in [-0.4, -0.2) is 44.8 Å². The van der Waals surface area contributed by atoms with Crippen molar-refractivity contribution in [2.45, 2.75) is 0 Å². The SMILES string of the molecule is CN(C)C(=O)c1nc2[nH]cnc2c(=O)[nH]1. The Morgan fingerprint density at radius 2 is 2.20 bits per heavy atom. The number of imidazole rings is 1. The first-order chi connectivity index (χ1) is 7.09. The van der Waals surface area contributed by atoms with Crippen LogP contribution in [0.3, 0.4) is 0 Å². The van der Waals surface area contributed by atoms with Crippen molar-refractivity contribution >= 4 is 17.1 Å². The van der Waals surface area contributed by atoms with E-state index in [1.165, 1.54) is 11.2 Å². The predicted molar refractivity (Wildman–Crippen MR) is 52.5 cm³/mol. The second-order valence-corrected chi connectivity index (χ2v) is 3.21. The largest absolute Gasteiger partial charge is 0.342 e. The monoisotopic (exact) mass is 207 g/mol. The molecule has 0 bridgehead atoms. The summed E-state index contributed by atoms with van der Waals surface area (Å²) in [4.78, 5) is 37.1. The molecule has 0 aliphatic carbocycles. The molecule has 7 nitrogen and oxygen atoms in total. The summed E-state index contributed by atoms with van der Waals surface area (Å²) in [7, 11) is 3.17. The highest BCUT2D eigenvalue weighted by atomic mass is 16.2. The minimum atomic E-state index is -0.425. The van der Waals surface area contributed by atoms with Crippen molar-refractivity contribution in [3.05, 3.63) is 22.5 Å². The minimum absolute atomic E-state index is 0.00162. The number of nitrogens with one attached hydrogen (secondary N) is 2. The summed E-state index contributed by atoms with van der Waals surface area (Å²) in [6, 6.07) is 0. The number of carbonyl (C=O) groups excluding carboxylic acids is 1. The van der Waals surface area contributed by atoms with E-state index in [0.29, 0.717) is 5.65 Å². The van der Waals surface area contributed by atoms with E-state index < -0.39 is 5.56 Å². The third-order valence-corrected chi connectivity index (χ3v) is 1.90. The van der Waals surface area contributed by atoms with Crippen LogP contribution in [0.25, 0.3) is 11.2 Å². The van der Waals surface area contributed by atoms with Crippen molar-refractivity contribution in [2.24, 2.45) is 0 Å². The van der Waals surface area contributed by atoms with Gasteiger partial charge in [-0.15, -0.1) is 0 Å². The zero-order valence-corrected chi connectivity index (χ0v) is 8.24. The summed E-state index contributed by atoms with van der Waals surface area (Å²) in [6.45, 7) is 0. The summed E-state index contributed by atoms with van der Waals surface area (Å²) in [5.41, 5.74) is 0.0840. The van der Waals surface area contributed by atoms with Gasteiger partial charge in [-0.3, -0.25) is 9.59 Å². The van der Waals surface area contributed by atoms with Crippen molar-refractivity contribution < 1.29 is 4.79 Å². The van der Waals surface area contributed by atoms with Crippen LogP contribution in [-0.2, 0) is 0 Å². The fourth-order valence-electron chi connectivity index (χ4n) is 1.16. The number of nitrogens with zero attached hydrogens (tertiary/aromatic N) is 3. The van der Waals surface area contributed by atoms with Crippen LogP contribution in [0.2, 0.25) is 0 Å². The lowest BCUT2D eigenvalue weighted by atomic mass is 10.4. The maximum atomic E-state index is 11.5. The van der Waals surface area contributed by atoms with E-state index in [9.17, 15) is 9.59 Å². The molecule has 2 aromatic rings. The molecule has 0 radical (unpaired) electrons. The highest BCUT2D eigenvalue weighted by Crippen LogP contribution is 2.00. The fraction of sp³-hybridized carbons (Fsp3) is 0.250. The van der Waals surface area contributed by atoms with Crippen LogP contribution in [0.15, 0.2) is 11.1 Å². The van der Waals surface area contributed by atoms with E-state index in [1.807, 2.05) is 0 Å². The molecule has 2 heterocycles. The average Bonchev–Trinajstić information content (AvgIpc) is 2.64. The van der Waals surface area contributed by atoms with Crippen LogP contribution in [0, 0.1) is 0 Å². The molecule has 1 amide bonds. The molecule has 78 valence electrons. The van der Waals surface area contributed by atoms with Gasteiger partial charge in [0, 0.05) is 14.1 Å². The number of fused-ring (bicyclic) bond motifs is 1. The first-order valence-electron chi connectivity index (χ1n) is 4.24. The van der Waals surface area contributed by atoms with Crippen LogP contribution in [0.5, 0.6) is 0 Å². The maximum absolute atomic E-state index is 11.5. The van der Waals surface area contributed by atoms with E-state index in [0.717, 1.165) is 0 Å². The smallest absolute Gasteiger partial charge is 0.289 e. The van der Waals surface area contributed by atoms with Crippen molar-refractivity contribution in [3.63, 3.8) is 0 Å². The molecule has 0 aromatic carbocycles. The Hall–Kier alpha value is -2.18. The number of aromatic amines is 2. The number of H-pyrrole nitrogens is 2. The third kappa shape index (κ3) is 1.47. The van der Waals surface area contributed by atoms with E-state index in [4.69, 9.17) is 0 Å². The number of carbonyl (C=O) groups is 1. The zero-order chi connectivity index (χ0) is 11.0. The Balaban J connectivity index is 2.64. The average molecular weight is 207 g/mol. The molecule has 0 aliphatic heterocycles. The molecule has 0 unspecified atom stereocenters. The molecule has 2 N–H and O–H groups in total. The van der Waals surface area contributed by atoms with Crippen molar-refractivity contribution in [2.75, 3.05) is 14.1 Å². The second kappa shape index (κ2) is 3.19. The number of amides is 1. The Kier molecular flexibility index (Phi) is 2.00. The molecular weight excluding hydrogens is 198 g/mol. The number of hydrogen-bond donors (Lipinski definition) is 2. The molecular formula is C8H9N5O2. The molecule has 0 spiro atoms. The standard InChI is InChI=1S/C8H9N5O2/c1-13(2)8(15)6-11-5-4(7(14)12-6)9-3-10-5/h3H,1-2H3,(H2,9,10,11,12,14). The summed E-state index contributed by atoms with van der Waals surface area (Å²) in [5.74, 6) is -0.356. The van der Waals surface area contributed by atoms with Gasteiger partial charge in [-0.25, -0.2) is 9.97 Å². The number of hydrogen-bond acceptors (Lipinski definition) is 4. The Morgan fingerprint density at radius 1 is 1.47 bits per heavy atom. The van der Waals surface area contributed by atoms with Crippen molar-refractivity contribution in [3.8, 4) is 0 Å². The van der Waals surface area contributed by atoms with E-state index in [1.54, 1.807) is 14.1 Å². The first-order valence-corrected chi connectivity index (χ1v) is 4.24. The molecule has 0 fully saturated rings. The normalized spacial score (nSPS) is 10.5. The van der Waals surface area contributed by atoms with E-state index in [2.05, 4.69) is 19.9 Å². The van der Waals surface area contributed by atoms with Gasteiger partial charge in [-0.2, -0.15) is 0 Å². The van der Waals surface area contributed by atoms with Crippen LogP contribution in [0.1, 0.15) is 10.6 Å². The topological polar surface area (TPSA) is 94.7 Å². The van der Waals surface area contributed by atoms with Crippen molar-refractivity contribution in [1.29, 1.82) is 0 Å². The Labute approximate surface area is 84.2 Å². The lowest BCUT2D eigenvalue weighted by molar-refractivity contribution is 0.0816. The van der Waals surface area contributed by atoms with Gasteiger partial charge in [0.05, 0.1) is 6.33 Å². The Bertz CT molecular complexity index is 568. The molecule has 0 saturated carbocycles. The summed E-state index contributed by atoms with van der Waals surface area (Å²) < 4.78 is 0. The molecule has 0 atom stereocenters. The summed E-state index contributed by atoms with van der Waals surface area (Å²) in [6.07, 6.45) is 1.36.